The fourth-order valence-electron chi connectivity index (χ4n) is 1.35. The lowest BCUT2D eigenvalue weighted by Crippen LogP contribution is -2.18. The predicted molar refractivity (Wildman–Crippen MR) is 62.9 cm³/mol. The highest BCUT2D eigenvalue weighted by Crippen LogP contribution is 2.28. The third-order valence-electron chi connectivity index (χ3n) is 2.19. The zero-order chi connectivity index (χ0) is 12.0. The van der Waals surface area contributed by atoms with Gasteiger partial charge in [-0.15, -0.1) is 0 Å². The summed E-state index contributed by atoms with van der Waals surface area (Å²) in [4.78, 5) is 8.16. The first-order valence-electron chi connectivity index (χ1n) is 5.17. The predicted octanol–water partition coefficient (Wildman–Crippen LogP) is 0.710. The molecule has 6 heteroatoms. The molecule has 0 saturated heterocycles. The number of hydrogen-bond acceptors (Lipinski definition) is 6. The van der Waals surface area contributed by atoms with Crippen molar-refractivity contribution in [3.63, 3.8) is 0 Å². The van der Waals surface area contributed by atoms with Gasteiger partial charge in [0.2, 0.25) is 5.75 Å². The van der Waals surface area contributed by atoms with Gasteiger partial charge in [0.15, 0.2) is 11.6 Å². The Balaban J connectivity index is 2.86. The lowest BCUT2D eigenvalue weighted by atomic mass is 10.2. The molecule has 0 aliphatic heterocycles. The number of aromatic nitrogens is 2. The minimum Gasteiger partial charge on any atom is -0.490 e. The highest BCUT2D eigenvalue weighted by molar-refractivity contribution is 5.63. The molecular weight excluding hydrogens is 208 g/mol. The van der Waals surface area contributed by atoms with Gasteiger partial charge in [0.05, 0.1) is 7.11 Å². The van der Waals surface area contributed by atoms with Crippen molar-refractivity contribution in [2.45, 2.75) is 19.4 Å². The van der Waals surface area contributed by atoms with Crippen LogP contribution >= 0.6 is 0 Å². The molecule has 1 rings (SSSR count). The largest absolute Gasteiger partial charge is 0.490 e. The molecule has 90 valence electrons. The summed E-state index contributed by atoms with van der Waals surface area (Å²) < 4.78 is 5.23. The van der Waals surface area contributed by atoms with Crippen molar-refractivity contribution in [3.8, 4) is 5.75 Å². The van der Waals surface area contributed by atoms with Crippen molar-refractivity contribution < 1.29 is 9.84 Å². The Kier molecular flexibility index (Phi) is 4.78. The van der Waals surface area contributed by atoms with E-state index in [1.807, 2.05) is 6.92 Å². The van der Waals surface area contributed by atoms with E-state index in [9.17, 15) is 0 Å². The van der Waals surface area contributed by atoms with Crippen molar-refractivity contribution in [3.05, 3.63) is 6.33 Å². The average molecular weight is 226 g/mol. The maximum Gasteiger partial charge on any atom is 0.204 e. The summed E-state index contributed by atoms with van der Waals surface area (Å²) >= 11 is 0. The molecule has 1 unspecified atom stereocenters. The first-order chi connectivity index (χ1) is 7.72. The van der Waals surface area contributed by atoms with Gasteiger partial charge < -0.3 is 20.5 Å². The maximum absolute atomic E-state index is 8.83. The Hall–Kier alpha value is -1.56. The van der Waals surface area contributed by atoms with Crippen LogP contribution in [0, 0.1) is 0 Å². The van der Waals surface area contributed by atoms with E-state index in [-0.39, 0.29) is 12.6 Å². The van der Waals surface area contributed by atoms with Crippen molar-refractivity contribution >= 4 is 11.6 Å². The second-order valence-corrected chi connectivity index (χ2v) is 3.41. The molecule has 0 amide bonds. The van der Waals surface area contributed by atoms with Crippen LogP contribution in [0.5, 0.6) is 5.75 Å². The topological polar surface area (TPSA) is 79.3 Å². The van der Waals surface area contributed by atoms with Crippen LogP contribution in [-0.4, -0.2) is 41.9 Å². The zero-order valence-corrected chi connectivity index (χ0v) is 9.82. The molecule has 0 bridgehead atoms. The van der Waals surface area contributed by atoms with Crippen LogP contribution in [0.25, 0.3) is 0 Å². The molecular formula is C10H18N4O2. The molecule has 0 radical (unpaired) electrons. The van der Waals surface area contributed by atoms with Crippen molar-refractivity contribution in [2.24, 2.45) is 0 Å². The minimum absolute atomic E-state index is 0.124. The lowest BCUT2D eigenvalue weighted by molar-refractivity contribution is 0.282. The quantitative estimate of drug-likeness (QED) is 0.663. The van der Waals surface area contributed by atoms with Gasteiger partial charge in [-0.3, -0.25) is 0 Å². The number of aliphatic hydroxyl groups is 1. The Morgan fingerprint density at radius 2 is 2.12 bits per heavy atom. The zero-order valence-electron chi connectivity index (χ0n) is 9.82. The van der Waals surface area contributed by atoms with Crippen LogP contribution in [0.3, 0.4) is 0 Å². The second kappa shape index (κ2) is 6.12. The highest BCUT2D eigenvalue weighted by Gasteiger charge is 2.12. The summed E-state index contributed by atoms with van der Waals surface area (Å²) in [5, 5.41) is 14.9. The first kappa shape index (κ1) is 12.5. The molecule has 1 aromatic heterocycles. The van der Waals surface area contributed by atoms with E-state index in [1.54, 1.807) is 14.2 Å². The summed E-state index contributed by atoms with van der Waals surface area (Å²) in [6.45, 7) is 2.11. The number of aliphatic hydroxyl groups excluding tert-OH is 1. The Morgan fingerprint density at radius 1 is 1.44 bits per heavy atom. The second-order valence-electron chi connectivity index (χ2n) is 3.41. The van der Waals surface area contributed by atoms with E-state index < -0.39 is 0 Å². The number of ether oxygens (including phenoxy) is 1. The molecule has 0 aliphatic rings. The van der Waals surface area contributed by atoms with Gasteiger partial charge in [-0.05, 0) is 13.3 Å². The number of nitrogens with zero attached hydrogens (tertiary/aromatic N) is 2. The normalized spacial score (nSPS) is 12.0. The molecule has 1 atom stereocenters. The van der Waals surface area contributed by atoms with Crippen LogP contribution in [0.15, 0.2) is 6.33 Å². The van der Waals surface area contributed by atoms with Gasteiger partial charge in [-0.25, -0.2) is 9.97 Å². The van der Waals surface area contributed by atoms with Crippen LogP contribution < -0.4 is 15.4 Å². The monoisotopic (exact) mass is 226 g/mol. The van der Waals surface area contributed by atoms with E-state index in [1.165, 1.54) is 6.33 Å². The summed E-state index contributed by atoms with van der Waals surface area (Å²) in [5.41, 5.74) is 0. The molecule has 6 nitrogen and oxygen atoms in total. The number of rotatable bonds is 6. The SMILES string of the molecule is CNc1ncnc(NC(C)CCO)c1OC. The maximum atomic E-state index is 8.83. The molecule has 1 aromatic rings. The highest BCUT2D eigenvalue weighted by atomic mass is 16.5. The first-order valence-corrected chi connectivity index (χ1v) is 5.17. The Morgan fingerprint density at radius 3 is 2.69 bits per heavy atom. The third-order valence-corrected chi connectivity index (χ3v) is 2.19. The minimum atomic E-state index is 0.124. The van der Waals surface area contributed by atoms with E-state index in [0.29, 0.717) is 23.8 Å². The number of hydrogen-bond donors (Lipinski definition) is 3. The summed E-state index contributed by atoms with van der Waals surface area (Å²) in [5.74, 6) is 1.84. The van der Waals surface area contributed by atoms with Crippen molar-refractivity contribution in [1.82, 2.24) is 9.97 Å². The standard InChI is InChI=1S/C10H18N4O2/c1-7(4-5-15)14-10-8(16-3)9(11-2)12-6-13-10/h6-7,15H,4-5H2,1-3H3,(H2,11,12,13,14). The molecule has 16 heavy (non-hydrogen) atoms. The summed E-state index contributed by atoms with van der Waals surface area (Å²) in [6, 6.07) is 0.124. The fourth-order valence-corrected chi connectivity index (χ4v) is 1.35. The molecule has 0 aliphatic carbocycles. The molecule has 1 heterocycles. The summed E-state index contributed by atoms with van der Waals surface area (Å²) in [6.07, 6.45) is 2.12. The van der Waals surface area contributed by atoms with Gasteiger partial charge in [0.25, 0.3) is 0 Å². The van der Waals surface area contributed by atoms with E-state index >= 15 is 0 Å². The van der Waals surface area contributed by atoms with E-state index in [4.69, 9.17) is 9.84 Å². The average Bonchev–Trinajstić information content (AvgIpc) is 2.29. The van der Waals surface area contributed by atoms with Gasteiger partial charge >= 0.3 is 0 Å². The van der Waals surface area contributed by atoms with Crippen molar-refractivity contribution in [2.75, 3.05) is 31.4 Å². The molecule has 3 N–H and O–H groups in total. The number of anilines is 2. The van der Waals surface area contributed by atoms with Crippen molar-refractivity contribution in [1.29, 1.82) is 0 Å². The Bertz CT molecular complexity index is 333. The van der Waals surface area contributed by atoms with Crippen LogP contribution in [0.4, 0.5) is 11.6 Å². The smallest absolute Gasteiger partial charge is 0.204 e. The van der Waals surface area contributed by atoms with Crippen LogP contribution in [0.1, 0.15) is 13.3 Å². The van der Waals surface area contributed by atoms with Crippen LogP contribution in [0.2, 0.25) is 0 Å². The van der Waals surface area contributed by atoms with Gasteiger partial charge in [0, 0.05) is 19.7 Å². The number of methoxy groups -OCH3 is 1. The van der Waals surface area contributed by atoms with E-state index in [0.717, 1.165) is 0 Å². The summed E-state index contributed by atoms with van der Waals surface area (Å²) in [7, 11) is 3.34. The molecule has 0 aromatic carbocycles. The Labute approximate surface area is 95.1 Å². The molecule has 0 spiro atoms. The molecule has 0 fully saturated rings. The van der Waals surface area contributed by atoms with Gasteiger partial charge in [0.1, 0.15) is 6.33 Å². The van der Waals surface area contributed by atoms with Gasteiger partial charge in [-0.1, -0.05) is 0 Å². The fraction of sp³-hybridized carbons (Fsp3) is 0.600. The van der Waals surface area contributed by atoms with Crippen LogP contribution in [-0.2, 0) is 0 Å². The molecule has 0 saturated carbocycles. The van der Waals surface area contributed by atoms with E-state index in [2.05, 4.69) is 20.6 Å². The van der Waals surface area contributed by atoms with Gasteiger partial charge in [-0.2, -0.15) is 0 Å². The number of nitrogens with one attached hydrogen (secondary N) is 2. The lowest BCUT2D eigenvalue weighted by Gasteiger charge is -2.16. The third kappa shape index (κ3) is 2.96.